The minimum absolute atomic E-state index is 0.263. The summed E-state index contributed by atoms with van der Waals surface area (Å²) in [5.41, 5.74) is 51.0. The van der Waals surface area contributed by atoms with Gasteiger partial charge in [0.2, 0.25) is 0 Å². The van der Waals surface area contributed by atoms with E-state index in [-0.39, 0.29) is 10.8 Å². The fraction of sp³-hybridized carbons (Fsp3) is 0.0548. The molecule has 0 aliphatic carbocycles. The highest BCUT2D eigenvalue weighted by atomic mass is 15.2. The molecule has 0 saturated heterocycles. The van der Waals surface area contributed by atoms with Crippen LogP contribution >= 0.6 is 0 Å². The van der Waals surface area contributed by atoms with Gasteiger partial charge in [-0.2, -0.15) is 0 Å². The summed E-state index contributed by atoms with van der Waals surface area (Å²) in [6.45, 7) is 13.8. The summed E-state index contributed by atoms with van der Waals surface area (Å²) in [6.07, 6.45) is 0. The first kappa shape index (κ1) is 92.6. The molecular weight excluding hydrogens is 1810 g/mol. The van der Waals surface area contributed by atoms with Crippen molar-refractivity contribution in [2.24, 2.45) is 0 Å². The third-order valence-electron chi connectivity index (χ3n) is 30.2. The molecule has 25 rings (SSSR count). The first-order valence-corrected chi connectivity index (χ1v) is 52.3. The summed E-state index contributed by atoms with van der Waals surface area (Å²) in [5.74, 6) is 0. The Morgan fingerprint density at radius 1 is 0.167 bits per heavy atom. The fourth-order valence-electron chi connectivity index (χ4n) is 23.4. The molecular formula is C146H110BN3. The molecule has 0 N–H and O–H groups in total. The summed E-state index contributed by atoms with van der Waals surface area (Å²) in [5, 5.41) is 0. The monoisotopic (exact) mass is 1920 g/mol. The summed E-state index contributed by atoms with van der Waals surface area (Å²) in [7, 11) is 0. The van der Waals surface area contributed by atoms with E-state index in [4.69, 9.17) is 0 Å². The van der Waals surface area contributed by atoms with Crippen molar-refractivity contribution in [3.05, 3.63) is 569 Å². The lowest BCUT2D eigenvalue weighted by Gasteiger charge is -2.46. The lowest BCUT2D eigenvalue weighted by molar-refractivity contribution is 0.593. The van der Waals surface area contributed by atoms with Gasteiger partial charge in [0.1, 0.15) is 0 Å². The normalized spacial score (nSPS) is 12.0. The van der Waals surface area contributed by atoms with Crippen LogP contribution in [-0.2, 0) is 10.8 Å². The predicted octanol–water partition coefficient (Wildman–Crippen LogP) is 38.5. The maximum atomic E-state index is 2.72. The molecule has 0 aromatic heterocycles. The summed E-state index contributed by atoms with van der Waals surface area (Å²) >= 11 is 0. The van der Waals surface area contributed by atoms with E-state index in [0.717, 1.165) is 179 Å². The molecule has 0 unspecified atom stereocenters. The van der Waals surface area contributed by atoms with Gasteiger partial charge in [0.25, 0.3) is 6.71 Å². The van der Waals surface area contributed by atoms with E-state index >= 15 is 0 Å². The van der Waals surface area contributed by atoms with Gasteiger partial charge < -0.3 is 14.7 Å². The zero-order valence-electron chi connectivity index (χ0n) is 85.0. The van der Waals surface area contributed by atoms with E-state index in [0.29, 0.717) is 0 Å². The molecule has 23 aromatic rings. The van der Waals surface area contributed by atoms with Crippen LogP contribution in [0.15, 0.2) is 558 Å². The van der Waals surface area contributed by atoms with Gasteiger partial charge in [-0.1, -0.05) is 503 Å². The molecule has 2 heterocycles. The lowest BCUT2D eigenvalue weighted by atomic mass is 9.33. The Bertz CT molecular complexity index is 8500. The van der Waals surface area contributed by atoms with Crippen LogP contribution in [0.2, 0.25) is 0 Å². The zero-order valence-corrected chi connectivity index (χ0v) is 85.0. The average Bonchev–Trinajstić information content (AvgIpc) is 0.684. The van der Waals surface area contributed by atoms with Crippen LogP contribution in [0.25, 0.3) is 178 Å². The number of hydrogen-bond donors (Lipinski definition) is 0. The second-order valence-electron chi connectivity index (χ2n) is 41.8. The molecule has 0 atom stereocenters. The summed E-state index contributed by atoms with van der Waals surface area (Å²) in [6, 6.07) is 210. The van der Waals surface area contributed by atoms with Crippen molar-refractivity contribution in [1.82, 2.24) is 0 Å². The van der Waals surface area contributed by atoms with Crippen LogP contribution in [0.1, 0.15) is 52.7 Å². The Kier molecular flexibility index (Phi) is 24.4. The highest BCUT2D eigenvalue weighted by molar-refractivity contribution is 7.00. The number of rotatable bonds is 21. The Hall–Kier alpha value is -18.5. The minimum atomic E-state index is -0.396. The van der Waals surface area contributed by atoms with Gasteiger partial charge in [-0.25, -0.2) is 0 Å². The van der Waals surface area contributed by atoms with Gasteiger partial charge in [0, 0.05) is 50.9 Å². The van der Waals surface area contributed by atoms with E-state index < -0.39 is 6.71 Å². The molecule has 0 spiro atoms. The first-order chi connectivity index (χ1) is 73.7. The third kappa shape index (κ3) is 17.7. The highest BCUT2D eigenvalue weighted by Crippen LogP contribution is 2.58. The van der Waals surface area contributed by atoms with Gasteiger partial charge in [0.05, 0.1) is 11.4 Å². The maximum Gasteiger partial charge on any atom is 0.252 e. The van der Waals surface area contributed by atoms with E-state index in [2.05, 4.69) is 614 Å². The van der Waals surface area contributed by atoms with Crippen LogP contribution in [0.4, 0.5) is 51.2 Å². The van der Waals surface area contributed by atoms with Gasteiger partial charge in [-0.15, -0.1) is 0 Å². The maximum absolute atomic E-state index is 2.72. The molecule has 0 bridgehead atoms. The summed E-state index contributed by atoms with van der Waals surface area (Å²) < 4.78 is 0. The topological polar surface area (TPSA) is 9.72 Å². The van der Waals surface area contributed by atoms with Crippen LogP contribution in [0.3, 0.4) is 0 Å². The zero-order chi connectivity index (χ0) is 101. The highest BCUT2D eigenvalue weighted by Gasteiger charge is 2.47. The van der Waals surface area contributed by atoms with Gasteiger partial charge in [0.15, 0.2) is 0 Å². The largest absolute Gasteiger partial charge is 0.311 e. The average molecular weight is 1920 g/mol. The van der Waals surface area contributed by atoms with Crippen LogP contribution in [0.5, 0.6) is 0 Å². The molecule has 0 radical (unpaired) electrons. The Labute approximate surface area is 882 Å². The van der Waals surface area contributed by atoms with Gasteiger partial charge in [-0.3, -0.25) is 0 Å². The molecule has 712 valence electrons. The lowest BCUT2D eigenvalue weighted by Crippen LogP contribution is -2.61. The molecule has 0 fully saturated rings. The van der Waals surface area contributed by atoms with Crippen molar-refractivity contribution in [1.29, 1.82) is 0 Å². The third-order valence-corrected chi connectivity index (χ3v) is 30.2. The molecule has 23 aromatic carbocycles. The van der Waals surface area contributed by atoms with E-state index in [1.807, 2.05) is 0 Å². The van der Waals surface area contributed by atoms with Crippen molar-refractivity contribution < 1.29 is 0 Å². The Balaban J connectivity index is 0.826. The quantitative estimate of drug-likeness (QED) is 0.0664. The molecule has 3 nitrogen and oxygen atoms in total. The number of fused-ring (bicyclic) bond motifs is 4. The minimum Gasteiger partial charge on any atom is -0.311 e. The van der Waals surface area contributed by atoms with E-state index in [1.165, 1.54) is 77.7 Å². The van der Waals surface area contributed by atoms with E-state index in [9.17, 15) is 0 Å². The molecule has 0 saturated carbocycles. The first-order valence-electron chi connectivity index (χ1n) is 52.3. The second kappa shape index (κ2) is 39.5. The number of benzene rings is 23. The molecule has 150 heavy (non-hydrogen) atoms. The molecule has 4 heteroatoms. The molecule has 0 amide bonds. The van der Waals surface area contributed by atoms with Crippen LogP contribution in [0, 0.1) is 0 Å². The number of hydrogen-bond acceptors (Lipinski definition) is 3. The smallest absolute Gasteiger partial charge is 0.252 e. The van der Waals surface area contributed by atoms with Gasteiger partial charge >= 0.3 is 0 Å². The standard InChI is InChI=1S/C146H110BN3/c1-145(2,3)141-128(111-55-31-13-32-56-111)87-119(88-129(141)112-57-33-14-34-58-112)120-89-132(115-63-39-17-40-64-115)144(133(90-120)116-65-41-18-42-66-116)150-137-86-80-118(102-49-25-10-26-50-102)94-135(137)147-134-93-117(101-47-23-9-24-48-101)79-85-136(134)149(124-95-126(109-51-27-11-28-52-109)140(127(96-124)110-53-29-12-30-54-110)121-91-130(113-59-35-15-36-60-113)142(146(4,5)6)131(92-121)114-61-37-16-38-62-114)138-97-125(98-139(150)143(138)147)148(122-81-75-107(76-82-122)105-71-67-103(68-72-105)99-43-19-7-20-44-99)123-83-77-108(78-84-123)106-73-69-104(70-74-106)100-45-21-8-22-46-100/h7-98H,1-6H3. The predicted molar refractivity (Wildman–Crippen MR) is 640 cm³/mol. The van der Waals surface area contributed by atoms with Crippen molar-refractivity contribution in [2.45, 2.75) is 52.4 Å². The van der Waals surface area contributed by atoms with Crippen LogP contribution < -0.4 is 31.1 Å². The van der Waals surface area contributed by atoms with Crippen molar-refractivity contribution in [2.75, 3.05) is 14.7 Å². The Morgan fingerprint density at radius 3 is 0.673 bits per heavy atom. The van der Waals surface area contributed by atoms with Crippen molar-refractivity contribution in [3.63, 3.8) is 0 Å². The van der Waals surface area contributed by atoms with Gasteiger partial charge in [-0.05, 0) is 302 Å². The SMILES string of the molecule is CC(C)(C)c1c(-c2ccccc2)cc(-c2cc(-c3ccccc3)c(N3c4ccc(-c5ccccc5)cc4B4c5cc(-c6ccccc6)ccc5N(c5cc(-c6ccccc6)c(-c6cc(-c7ccccc7)c(C(C)(C)C)c(-c7ccccc7)c6)c(-c6ccccc6)c5)c5cc(N(c6ccc(-c7ccc(-c8ccccc8)cc7)cc6)c6ccc(-c7ccc(-c8ccccc8)cc7)cc6)cc3c54)c(-c3ccccc3)c2)cc1-c1ccccc1. The number of anilines is 9. The Morgan fingerprint density at radius 2 is 0.387 bits per heavy atom. The molecule has 2 aliphatic rings. The summed E-state index contributed by atoms with van der Waals surface area (Å²) in [4.78, 5) is 7.94. The second-order valence-corrected chi connectivity index (χ2v) is 41.8. The van der Waals surface area contributed by atoms with E-state index in [1.54, 1.807) is 0 Å². The van der Waals surface area contributed by atoms with Crippen molar-refractivity contribution >= 4 is 74.3 Å². The molecule has 2 aliphatic heterocycles. The number of nitrogens with zero attached hydrogens (tertiary/aromatic N) is 3. The van der Waals surface area contributed by atoms with Crippen LogP contribution in [-0.4, -0.2) is 6.71 Å². The van der Waals surface area contributed by atoms with Crippen molar-refractivity contribution in [3.8, 4) is 178 Å². The fourth-order valence-corrected chi connectivity index (χ4v) is 23.4.